The molecule has 1 heterocycles. The zero-order valence-electron chi connectivity index (χ0n) is 14.3. The minimum absolute atomic E-state index is 0.0186. The number of urea groups is 1. The molecule has 134 valence electrons. The van der Waals surface area contributed by atoms with Gasteiger partial charge in [-0.15, -0.1) is 0 Å². The third-order valence-corrected chi connectivity index (χ3v) is 4.89. The zero-order valence-corrected chi connectivity index (χ0v) is 14.3. The molecule has 25 heavy (non-hydrogen) atoms. The number of aliphatic hydroxyl groups excluding tert-OH is 1. The minimum atomic E-state index is -0.380. The van der Waals surface area contributed by atoms with Gasteiger partial charge >= 0.3 is 6.03 Å². The van der Waals surface area contributed by atoms with Crippen LogP contribution in [0.4, 0.5) is 10.5 Å². The van der Waals surface area contributed by atoms with Crippen molar-refractivity contribution in [3.05, 3.63) is 29.3 Å². The molecule has 0 unspecified atom stereocenters. The van der Waals surface area contributed by atoms with Gasteiger partial charge in [0.15, 0.2) is 0 Å². The maximum atomic E-state index is 12.7. The number of nitrogens with zero attached hydrogens (tertiary/aromatic N) is 2. The fourth-order valence-electron chi connectivity index (χ4n) is 3.48. The fourth-order valence-corrected chi connectivity index (χ4v) is 3.48. The van der Waals surface area contributed by atoms with Gasteiger partial charge in [0.25, 0.3) is 11.8 Å². The molecule has 7 nitrogen and oxygen atoms in total. The lowest BCUT2D eigenvalue weighted by molar-refractivity contribution is 0.0549. The first-order chi connectivity index (χ1) is 12.0. The van der Waals surface area contributed by atoms with E-state index in [9.17, 15) is 14.4 Å². The lowest BCUT2D eigenvalue weighted by Gasteiger charge is -2.29. The van der Waals surface area contributed by atoms with Gasteiger partial charge in [-0.05, 0) is 31.0 Å². The average Bonchev–Trinajstić information content (AvgIpc) is 2.86. The zero-order chi connectivity index (χ0) is 18.0. The number of amides is 4. The lowest BCUT2D eigenvalue weighted by Crippen LogP contribution is -2.40. The molecule has 1 fully saturated rings. The Bertz CT molecular complexity index is 698. The van der Waals surface area contributed by atoms with Gasteiger partial charge in [-0.2, -0.15) is 0 Å². The molecule has 2 aliphatic rings. The minimum Gasteiger partial charge on any atom is -0.395 e. The maximum absolute atomic E-state index is 12.7. The summed E-state index contributed by atoms with van der Waals surface area (Å²) in [6.07, 6.45) is 4.95. The van der Waals surface area contributed by atoms with Crippen molar-refractivity contribution in [1.82, 2.24) is 9.80 Å². The summed E-state index contributed by atoms with van der Waals surface area (Å²) in [4.78, 5) is 40.1. The largest absolute Gasteiger partial charge is 0.395 e. The number of carbonyl (C=O) groups is 3. The molecule has 0 radical (unpaired) electrons. The number of likely N-dealkylation sites (N-methyl/N-ethyl adjacent to an activating group) is 1. The molecule has 0 atom stereocenters. The number of fused-ring (bicyclic) bond motifs is 1. The fraction of sp³-hybridized carbons (Fsp3) is 0.500. The van der Waals surface area contributed by atoms with E-state index < -0.39 is 0 Å². The van der Waals surface area contributed by atoms with Crippen LogP contribution in [0.25, 0.3) is 0 Å². The second-order valence-electron chi connectivity index (χ2n) is 6.61. The first kappa shape index (κ1) is 17.4. The van der Waals surface area contributed by atoms with E-state index >= 15 is 0 Å². The molecule has 7 heteroatoms. The van der Waals surface area contributed by atoms with E-state index in [4.69, 9.17) is 5.11 Å². The highest BCUT2D eigenvalue weighted by Crippen LogP contribution is 2.32. The predicted molar refractivity (Wildman–Crippen MR) is 92.5 cm³/mol. The summed E-state index contributed by atoms with van der Waals surface area (Å²) in [5.74, 6) is -0.506. The number of aliphatic hydroxyl groups is 1. The monoisotopic (exact) mass is 345 g/mol. The van der Waals surface area contributed by atoms with E-state index in [1.807, 2.05) is 0 Å². The number of nitrogens with one attached hydrogen (secondary N) is 1. The van der Waals surface area contributed by atoms with Crippen LogP contribution in [0.1, 0.15) is 52.8 Å². The summed E-state index contributed by atoms with van der Waals surface area (Å²) in [6, 6.07) is 4.38. The molecular weight excluding hydrogens is 322 g/mol. The van der Waals surface area contributed by atoms with Crippen molar-refractivity contribution in [2.75, 3.05) is 25.5 Å². The maximum Gasteiger partial charge on any atom is 0.321 e. The second-order valence-corrected chi connectivity index (χ2v) is 6.61. The highest BCUT2D eigenvalue weighted by molar-refractivity contribution is 6.22. The molecule has 1 aromatic rings. The van der Waals surface area contributed by atoms with Crippen molar-refractivity contribution in [3.63, 3.8) is 0 Å². The number of benzene rings is 1. The van der Waals surface area contributed by atoms with E-state index in [0.717, 1.165) is 32.1 Å². The van der Waals surface area contributed by atoms with Gasteiger partial charge in [-0.3, -0.25) is 14.5 Å². The van der Waals surface area contributed by atoms with Gasteiger partial charge in [0, 0.05) is 25.3 Å². The summed E-state index contributed by atoms with van der Waals surface area (Å²) >= 11 is 0. The molecule has 1 aliphatic carbocycles. The van der Waals surface area contributed by atoms with Crippen LogP contribution in [0.15, 0.2) is 18.2 Å². The van der Waals surface area contributed by atoms with Crippen molar-refractivity contribution in [2.24, 2.45) is 0 Å². The number of carbonyl (C=O) groups excluding carboxylic acids is 3. The van der Waals surface area contributed by atoms with Crippen LogP contribution in [0.5, 0.6) is 0 Å². The lowest BCUT2D eigenvalue weighted by atomic mass is 9.94. The van der Waals surface area contributed by atoms with Crippen LogP contribution in [0.2, 0.25) is 0 Å². The van der Waals surface area contributed by atoms with Gasteiger partial charge in [-0.1, -0.05) is 19.3 Å². The van der Waals surface area contributed by atoms with E-state index in [1.165, 1.54) is 9.80 Å². The summed E-state index contributed by atoms with van der Waals surface area (Å²) in [5, 5.41) is 11.6. The Morgan fingerprint density at radius 3 is 2.56 bits per heavy atom. The highest BCUT2D eigenvalue weighted by Gasteiger charge is 2.40. The van der Waals surface area contributed by atoms with Crippen LogP contribution in [-0.4, -0.2) is 59.0 Å². The van der Waals surface area contributed by atoms with Gasteiger partial charge in [-0.25, -0.2) is 4.79 Å². The molecule has 0 aromatic heterocycles. The van der Waals surface area contributed by atoms with E-state index in [0.29, 0.717) is 16.8 Å². The highest BCUT2D eigenvalue weighted by atomic mass is 16.3. The summed E-state index contributed by atoms with van der Waals surface area (Å²) in [5.41, 5.74) is 1.20. The predicted octanol–water partition coefficient (Wildman–Crippen LogP) is 2.07. The Labute approximate surface area is 146 Å². The van der Waals surface area contributed by atoms with Gasteiger partial charge < -0.3 is 15.3 Å². The summed E-state index contributed by atoms with van der Waals surface area (Å²) < 4.78 is 0. The number of rotatable bonds is 4. The molecular formula is C18H23N3O4. The van der Waals surface area contributed by atoms with Crippen LogP contribution >= 0.6 is 0 Å². The average molecular weight is 345 g/mol. The summed E-state index contributed by atoms with van der Waals surface area (Å²) in [7, 11) is 1.57. The van der Waals surface area contributed by atoms with Gasteiger partial charge in [0.05, 0.1) is 17.7 Å². The standard InChI is InChI=1S/C18H23N3O4/c1-20(9-10-22)18(25)19-12-7-8-14-15(11-12)17(24)21(16(14)23)13-5-3-2-4-6-13/h7-8,11,13,22H,2-6,9-10H2,1H3,(H,19,25). The molecule has 1 aliphatic heterocycles. The Hall–Kier alpha value is -2.41. The van der Waals surface area contributed by atoms with Gasteiger partial charge in [0.2, 0.25) is 0 Å². The Morgan fingerprint density at radius 1 is 1.20 bits per heavy atom. The van der Waals surface area contributed by atoms with Crippen molar-refractivity contribution in [1.29, 1.82) is 0 Å². The van der Waals surface area contributed by atoms with Crippen molar-refractivity contribution in [3.8, 4) is 0 Å². The van der Waals surface area contributed by atoms with Crippen molar-refractivity contribution >= 4 is 23.5 Å². The first-order valence-electron chi connectivity index (χ1n) is 8.68. The Morgan fingerprint density at radius 2 is 1.88 bits per heavy atom. The van der Waals surface area contributed by atoms with Gasteiger partial charge in [0.1, 0.15) is 0 Å². The normalized spacial score (nSPS) is 17.6. The SMILES string of the molecule is CN(CCO)C(=O)Nc1ccc2c(c1)C(=O)N(C1CCCCC1)C2=O. The van der Waals surface area contributed by atoms with E-state index in [1.54, 1.807) is 25.2 Å². The second kappa shape index (κ2) is 7.23. The smallest absolute Gasteiger partial charge is 0.321 e. The molecule has 0 saturated heterocycles. The van der Waals surface area contributed by atoms with Crippen molar-refractivity contribution < 1.29 is 19.5 Å². The number of imide groups is 1. The molecule has 3 rings (SSSR count). The molecule has 2 N–H and O–H groups in total. The Kier molecular flexibility index (Phi) is 5.03. The van der Waals surface area contributed by atoms with Crippen LogP contribution in [0, 0.1) is 0 Å². The third-order valence-electron chi connectivity index (χ3n) is 4.89. The first-order valence-corrected chi connectivity index (χ1v) is 8.68. The summed E-state index contributed by atoms with van der Waals surface area (Å²) in [6.45, 7) is 0.0844. The number of hydrogen-bond acceptors (Lipinski definition) is 4. The topological polar surface area (TPSA) is 89.9 Å². The molecule has 1 saturated carbocycles. The van der Waals surface area contributed by atoms with Crippen molar-refractivity contribution in [2.45, 2.75) is 38.1 Å². The van der Waals surface area contributed by atoms with E-state index in [-0.39, 0.29) is 37.0 Å². The van der Waals surface area contributed by atoms with Crippen LogP contribution in [0.3, 0.4) is 0 Å². The molecule has 0 bridgehead atoms. The third kappa shape index (κ3) is 3.37. The van der Waals surface area contributed by atoms with Crippen LogP contribution in [-0.2, 0) is 0 Å². The number of anilines is 1. The molecule has 0 spiro atoms. The Balaban J connectivity index is 1.78. The molecule has 4 amide bonds. The number of hydrogen-bond donors (Lipinski definition) is 2. The molecule has 1 aromatic carbocycles. The van der Waals surface area contributed by atoms with Crippen LogP contribution < -0.4 is 5.32 Å². The quantitative estimate of drug-likeness (QED) is 0.818. The van der Waals surface area contributed by atoms with E-state index in [2.05, 4.69) is 5.32 Å².